The van der Waals surface area contributed by atoms with Crippen molar-refractivity contribution in [1.82, 2.24) is 10.6 Å². The van der Waals surface area contributed by atoms with Gasteiger partial charge in [0.15, 0.2) is 6.29 Å². The molecule has 1 heterocycles. The summed E-state index contributed by atoms with van der Waals surface area (Å²) in [5.41, 5.74) is 0. The molecule has 17 heavy (non-hydrogen) atoms. The molecule has 5 atom stereocenters. The largest absolute Gasteiger partial charge is 0.389 e. The summed E-state index contributed by atoms with van der Waals surface area (Å²) in [6.07, 6.45) is -2.95. The Morgan fingerprint density at radius 1 is 1.06 bits per heavy atom. The third kappa shape index (κ3) is 3.39. The average molecular weight is 246 g/mol. The summed E-state index contributed by atoms with van der Waals surface area (Å²) in [7, 11) is 0. The van der Waals surface area contributed by atoms with E-state index in [1.165, 1.54) is 13.8 Å². The number of amides is 2. The van der Waals surface area contributed by atoms with Crippen LogP contribution >= 0.6 is 0 Å². The van der Waals surface area contributed by atoms with Gasteiger partial charge in [0.05, 0.1) is 12.1 Å². The minimum Gasteiger partial charge on any atom is -0.389 e. The summed E-state index contributed by atoms with van der Waals surface area (Å²) in [4.78, 5) is 21.9. The van der Waals surface area contributed by atoms with Crippen LogP contribution in [-0.4, -0.2) is 52.6 Å². The van der Waals surface area contributed by atoms with Crippen LogP contribution in [0.4, 0.5) is 0 Å². The maximum Gasteiger partial charge on any atom is 0.217 e. The van der Waals surface area contributed by atoms with E-state index in [2.05, 4.69) is 10.6 Å². The molecule has 0 aromatic carbocycles. The number of aliphatic hydroxyl groups excluding tert-OH is 2. The molecule has 98 valence electrons. The fourth-order valence-corrected chi connectivity index (χ4v) is 1.89. The molecule has 1 saturated heterocycles. The van der Waals surface area contributed by atoms with Crippen LogP contribution in [0.1, 0.15) is 20.8 Å². The molecule has 7 heteroatoms. The van der Waals surface area contributed by atoms with Gasteiger partial charge in [0, 0.05) is 13.8 Å². The second-order valence-electron chi connectivity index (χ2n) is 4.17. The van der Waals surface area contributed by atoms with Crippen molar-refractivity contribution in [3.63, 3.8) is 0 Å². The SMILES string of the molecule is CC(=O)N[C@H]1[C@H](O)[C@@H](NC(C)=O)C(O)O[C@@H]1C. The van der Waals surface area contributed by atoms with E-state index in [1.54, 1.807) is 6.92 Å². The van der Waals surface area contributed by atoms with Crippen molar-refractivity contribution in [2.24, 2.45) is 0 Å². The Hall–Kier alpha value is -1.18. The monoisotopic (exact) mass is 246 g/mol. The first-order valence-electron chi connectivity index (χ1n) is 5.38. The molecule has 7 nitrogen and oxygen atoms in total. The van der Waals surface area contributed by atoms with Crippen molar-refractivity contribution in [3.05, 3.63) is 0 Å². The average Bonchev–Trinajstić information content (AvgIpc) is 2.18. The van der Waals surface area contributed by atoms with Gasteiger partial charge in [0.25, 0.3) is 0 Å². The molecule has 0 aliphatic carbocycles. The van der Waals surface area contributed by atoms with Crippen molar-refractivity contribution in [2.75, 3.05) is 0 Å². The fraction of sp³-hybridized carbons (Fsp3) is 0.800. The molecular weight excluding hydrogens is 228 g/mol. The molecule has 0 aromatic heterocycles. The normalized spacial score (nSPS) is 37.4. The third-order valence-corrected chi connectivity index (χ3v) is 2.64. The zero-order valence-corrected chi connectivity index (χ0v) is 10.0. The Morgan fingerprint density at radius 2 is 1.53 bits per heavy atom. The highest BCUT2D eigenvalue weighted by molar-refractivity contribution is 5.74. The molecule has 1 aliphatic heterocycles. The molecule has 0 bridgehead atoms. The van der Waals surface area contributed by atoms with Crippen LogP contribution in [0.5, 0.6) is 0 Å². The van der Waals surface area contributed by atoms with Crippen LogP contribution < -0.4 is 10.6 Å². The lowest BCUT2D eigenvalue weighted by molar-refractivity contribution is -0.214. The standard InChI is InChI=1S/C10H18N2O5/c1-4-7(11-5(2)13)9(15)8(10(16)17-4)12-6(3)14/h4,7-10,15-16H,1-3H3,(H,11,13)(H,12,14)/t4-,7-,8-,9+,10?/m1/s1. The highest BCUT2D eigenvalue weighted by Gasteiger charge is 2.43. The number of hydrogen-bond donors (Lipinski definition) is 4. The number of nitrogens with one attached hydrogen (secondary N) is 2. The van der Waals surface area contributed by atoms with Crippen molar-refractivity contribution in [2.45, 2.75) is 51.4 Å². The molecular formula is C10H18N2O5. The predicted molar refractivity (Wildman–Crippen MR) is 57.8 cm³/mol. The van der Waals surface area contributed by atoms with E-state index in [-0.39, 0.29) is 5.91 Å². The first kappa shape index (κ1) is 13.9. The summed E-state index contributed by atoms with van der Waals surface area (Å²) in [6, 6.07) is -1.63. The van der Waals surface area contributed by atoms with Crippen molar-refractivity contribution < 1.29 is 24.5 Å². The summed E-state index contributed by atoms with van der Waals surface area (Å²) < 4.78 is 5.15. The molecule has 1 aliphatic rings. The topological polar surface area (TPSA) is 108 Å². The van der Waals surface area contributed by atoms with E-state index in [0.717, 1.165) is 0 Å². The van der Waals surface area contributed by atoms with Gasteiger partial charge in [-0.25, -0.2) is 0 Å². The van der Waals surface area contributed by atoms with Crippen molar-refractivity contribution in [1.29, 1.82) is 0 Å². The van der Waals surface area contributed by atoms with E-state index in [0.29, 0.717) is 0 Å². The number of carbonyl (C=O) groups excluding carboxylic acids is 2. The highest BCUT2D eigenvalue weighted by atomic mass is 16.6. The van der Waals surface area contributed by atoms with E-state index >= 15 is 0 Å². The second kappa shape index (κ2) is 5.44. The lowest BCUT2D eigenvalue weighted by atomic mass is 9.95. The molecule has 0 radical (unpaired) electrons. The third-order valence-electron chi connectivity index (χ3n) is 2.64. The molecule has 0 spiro atoms. The van der Waals surface area contributed by atoms with Gasteiger partial charge in [0.2, 0.25) is 11.8 Å². The van der Waals surface area contributed by atoms with Gasteiger partial charge in [-0.05, 0) is 6.92 Å². The maximum atomic E-state index is 11.0. The molecule has 2 amide bonds. The van der Waals surface area contributed by atoms with Gasteiger partial charge >= 0.3 is 0 Å². The van der Waals surface area contributed by atoms with Crippen LogP contribution in [0.15, 0.2) is 0 Å². The highest BCUT2D eigenvalue weighted by Crippen LogP contribution is 2.19. The van der Waals surface area contributed by atoms with E-state index in [1.807, 2.05) is 0 Å². The summed E-state index contributed by atoms with van der Waals surface area (Å²) in [6.45, 7) is 4.21. The van der Waals surface area contributed by atoms with Gasteiger partial charge in [0.1, 0.15) is 12.1 Å². The number of carbonyl (C=O) groups is 2. The predicted octanol–water partition coefficient (Wildman–Crippen LogP) is -1.91. The zero-order valence-electron chi connectivity index (χ0n) is 10.0. The Kier molecular flexibility index (Phi) is 4.44. The smallest absolute Gasteiger partial charge is 0.217 e. The summed E-state index contributed by atoms with van der Waals surface area (Å²) in [5, 5.41) is 24.5. The number of ether oxygens (including phenoxy) is 1. The second-order valence-corrected chi connectivity index (χ2v) is 4.17. The quantitative estimate of drug-likeness (QED) is 0.455. The molecule has 0 saturated carbocycles. The zero-order chi connectivity index (χ0) is 13.2. The van der Waals surface area contributed by atoms with Crippen LogP contribution in [0.2, 0.25) is 0 Å². The van der Waals surface area contributed by atoms with Crippen LogP contribution in [0.3, 0.4) is 0 Å². The Balaban J connectivity index is 2.78. The van der Waals surface area contributed by atoms with E-state index in [4.69, 9.17) is 4.74 Å². The molecule has 0 aromatic rings. The van der Waals surface area contributed by atoms with Crippen LogP contribution in [0.25, 0.3) is 0 Å². The molecule has 1 fully saturated rings. The van der Waals surface area contributed by atoms with Crippen molar-refractivity contribution >= 4 is 11.8 Å². The summed E-state index contributed by atoms with van der Waals surface area (Å²) >= 11 is 0. The van der Waals surface area contributed by atoms with Gasteiger partial charge in [-0.1, -0.05) is 0 Å². The lowest BCUT2D eigenvalue weighted by Gasteiger charge is -2.42. The Bertz CT molecular complexity index is 281. The first-order valence-corrected chi connectivity index (χ1v) is 5.38. The number of rotatable bonds is 2. The number of hydrogen-bond acceptors (Lipinski definition) is 5. The molecule has 4 N–H and O–H groups in total. The first-order chi connectivity index (χ1) is 7.82. The van der Waals surface area contributed by atoms with E-state index in [9.17, 15) is 19.8 Å². The van der Waals surface area contributed by atoms with E-state index < -0.39 is 36.5 Å². The number of aliphatic hydroxyl groups is 2. The van der Waals surface area contributed by atoms with Gasteiger partial charge in [-0.3, -0.25) is 9.59 Å². The van der Waals surface area contributed by atoms with Crippen LogP contribution in [-0.2, 0) is 14.3 Å². The minimum absolute atomic E-state index is 0.317. The Labute approximate surface area is 99.1 Å². The molecule has 1 rings (SSSR count). The summed E-state index contributed by atoms with van der Waals surface area (Å²) in [5.74, 6) is -0.713. The minimum atomic E-state index is -1.30. The lowest BCUT2D eigenvalue weighted by Crippen LogP contribution is -2.66. The maximum absolute atomic E-state index is 11.0. The fourth-order valence-electron chi connectivity index (χ4n) is 1.89. The van der Waals surface area contributed by atoms with Crippen molar-refractivity contribution in [3.8, 4) is 0 Å². The van der Waals surface area contributed by atoms with Gasteiger partial charge in [-0.2, -0.15) is 0 Å². The Morgan fingerprint density at radius 3 is 2.00 bits per heavy atom. The van der Waals surface area contributed by atoms with Gasteiger partial charge < -0.3 is 25.6 Å². The van der Waals surface area contributed by atoms with Crippen LogP contribution in [0, 0.1) is 0 Å². The van der Waals surface area contributed by atoms with Gasteiger partial charge in [-0.15, -0.1) is 0 Å². The molecule has 1 unspecified atom stereocenters.